The first kappa shape index (κ1) is 14.1. The molecule has 0 fully saturated rings. The van der Waals surface area contributed by atoms with Crippen LogP contribution in [0.25, 0.3) is 0 Å². The highest BCUT2D eigenvalue weighted by molar-refractivity contribution is 7.70. The molecular formula is C12H16N3O2P. The molecule has 5 N–H and O–H groups in total. The fraction of sp³-hybridized carbons (Fsp3) is 0.250. The van der Waals surface area contributed by atoms with Gasteiger partial charge in [-0.1, -0.05) is 5.92 Å². The molecule has 0 amide bonds. The minimum atomic E-state index is -2.54. The van der Waals surface area contributed by atoms with Gasteiger partial charge in [-0.2, -0.15) is 0 Å². The van der Waals surface area contributed by atoms with Gasteiger partial charge in [0, 0.05) is 10.9 Å². The number of phenols is 1. The topological polar surface area (TPSA) is 99.2 Å². The van der Waals surface area contributed by atoms with Gasteiger partial charge in [0.25, 0.3) is 0 Å². The molecule has 18 heavy (non-hydrogen) atoms. The molecule has 0 atom stereocenters. The highest BCUT2D eigenvalue weighted by Crippen LogP contribution is 2.38. The molecule has 0 aliphatic heterocycles. The maximum absolute atomic E-state index is 12.0. The van der Waals surface area contributed by atoms with Gasteiger partial charge in [0.05, 0.1) is 12.2 Å². The molecule has 96 valence electrons. The summed E-state index contributed by atoms with van der Waals surface area (Å²) in [6.45, 7) is 3.36. The average Bonchev–Trinajstić information content (AvgIpc) is 2.25. The Kier molecular flexibility index (Phi) is 4.05. The molecule has 0 unspecified atom stereocenters. The van der Waals surface area contributed by atoms with Gasteiger partial charge in [0.1, 0.15) is 18.7 Å². The van der Waals surface area contributed by atoms with Gasteiger partial charge in [0.2, 0.25) is 0 Å². The maximum atomic E-state index is 12.0. The number of rotatable bonds is 4. The summed E-state index contributed by atoms with van der Waals surface area (Å²) in [4.78, 5) is 0. The monoisotopic (exact) mass is 265 g/mol. The van der Waals surface area contributed by atoms with Crippen molar-refractivity contribution in [1.29, 1.82) is 5.41 Å². The molecule has 0 heterocycles. The van der Waals surface area contributed by atoms with Crippen LogP contribution in [0.15, 0.2) is 12.1 Å². The zero-order chi connectivity index (χ0) is 13.9. The Bertz CT molecular complexity index is 569. The first-order chi connectivity index (χ1) is 8.27. The maximum Gasteiger partial charge on any atom is 0.140 e. The number of nitrogens with one attached hydrogen (secondary N) is 2. The molecule has 6 heteroatoms. The number of nitrogen functional groups attached to an aromatic ring is 1. The van der Waals surface area contributed by atoms with E-state index in [-0.39, 0.29) is 23.8 Å². The first-order valence-electron chi connectivity index (χ1n) is 5.21. The third-order valence-electron chi connectivity index (χ3n) is 2.38. The van der Waals surface area contributed by atoms with E-state index in [1.165, 1.54) is 6.07 Å². The highest BCUT2D eigenvalue weighted by atomic mass is 31.2. The van der Waals surface area contributed by atoms with E-state index in [0.29, 0.717) is 10.9 Å². The Morgan fingerprint density at radius 1 is 1.61 bits per heavy atom. The molecule has 1 aromatic carbocycles. The zero-order valence-corrected chi connectivity index (χ0v) is 11.2. The number of anilines is 1. The second-order valence-corrected chi connectivity index (χ2v) is 7.43. The van der Waals surface area contributed by atoms with E-state index in [2.05, 4.69) is 11.2 Å². The predicted octanol–water partition coefficient (Wildman–Crippen LogP) is 0.969. The second kappa shape index (κ2) is 5.16. The quantitative estimate of drug-likeness (QED) is 0.214. The van der Waals surface area contributed by atoms with Crippen LogP contribution in [-0.4, -0.2) is 30.8 Å². The van der Waals surface area contributed by atoms with Crippen LogP contribution in [0.4, 0.5) is 5.69 Å². The van der Waals surface area contributed by atoms with Crippen molar-refractivity contribution in [3.8, 4) is 18.1 Å². The summed E-state index contributed by atoms with van der Waals surface area (Å²) in [5, 5.41) is 20.7. The third kappa shape index (κ3) is 3.06. The van der Waals surface area contributed by atoms with Crippen molar-refractivity contribution in [1.82, 2.24) is 0 Å². The first-order valence-corrected chi connectivity index (χ1v) is 7.81. The van der Waals surface area contributed by atoms with Crippen LogP contribution in [0.1, 0.15) is 5.56 Å². The highest BCUT2D eigenvalue weighted by Gasteiger charge is 2.18. The third-order valence-corrected chi connectivity index (χ3v) is 3.88. The second-order valence-electron chi connectivity index (χ2n) is 4.21. The van der Waals surface area contributed by atoms with Gasteiger partial charge in [-0.3, -0.25) is 5.41 Å². The summed E-state index contributed by atoms with van der Waals surface area (Å²) >= 11 is 0. The van der Waals surface area contributed by atoms with E-state index in [4.69, 9.17) is 17.6 Å². The Morgan fingerprint density at radius 3 is 2.67 bits per heavy atom. The standard InChI is InChI=1S/C12H16N3O2P/c1-4-5-15-11-9(12(13)14)6-8(7-10(11)16)18(2,3)17/h1,6-7,15-16H,5H2,2-3H3,(H3,13,14). The molecule has 0 bridgehead atoms. The number of benzene rings is 1. The molecule has 0 aliphatic carbocycles. The van der Waals surface area contributed by atoms with Crippen molar-refractivity contribution < 1.29 is 9.67 Å². The lowest BCUT2D eigenvalue weighted by Gasteiger charge is -2.15. The van der Waals surface area contributed by atoms with Crippen molar-refractivity contribution in [3.63, 3.8) is 0 Å². The summed E-state index contributed by atoms with van der Waals surface area (Å²) in [5.41, 5.74) is 6.04. The summed E-state index contributed by atoms with van der Waals surface area (Å²) in [5.74, 6) is 2.03. The number of phenolic OH excluding ortho intramolecular Hbond substituents is 1. The molecule has 0 aliphatic rings. The van der Waals surface area contributed by atoms with E-state index in [1.54, 1.807) is 19.4 Å². The molecule has 1 rings (SSSR count). The lowest BCUT2D eigenvalue weighted by Crippen LogP contribution is -2.18. The minimum absolute atomic E-state index is 0.114. The van der Waals surface area contributed by atoms with Gasteiger partial charge in [-0.15, -0.1) is 6.42 Å². The Morgan fingerprint density at radius 2 is 2.22 bits per heavy atom. The number of nitrogens with two attached hydrogens (primary N) is 1. The van der Waals surface area contributed by atoms with Crippen molar-refractivity contribution in [2.24, 2.45) is 5.73 Å². The van der Waals surface area contributed by atoms with Crippen LogP contribution in [0.2, 0.25) is 0 Å². The molecule has 0 aromatic heterocycles. The Balaban J connectivity index is 3.42. The van der Waals surface area contributed by atoms with Gasteiger partial charge >= 0.3 is 0 Å². The van der Waals surface area contributed by atoms with E-state index in [9.17, 15) is 9.67 Å². The molecular weight excluding hydrogens is 249 g/mol. The fourth-order valence-corrected chi connectivity index (χ4v) is 2.33. The molecule has 0 radical (unpaired) electrons. The van der Waals surface area contributed by atoms with Crippen LogP contribution >= 0.6 is 7.14 Å². The largest absolute Gasteiger partial charge is 0.506 e. The Hall–Kier alpha value is -1.92. The zero-order valence-electron chi connectivity index (χ0n) is 10.3. The van der Waals surface area contributed by atoms with Crippen molar-refractivity contribution in [2.75, 3.05) is 25.2 Å². The predicted molar refractivity (Wildman–Crippen MR) is 75.5 cm³/mol. The van der Waals surface area contributed by atoms with Crippen LogP contribution < -0.4 is 16.4 Å². The SMILES string of the molecule is C#CCNc1c(O)cc(P(C)(C)=O)cc1C(=N)N. The van der Waals surface area contributed by atoms with Crippen LogP contribution in [-0.2, 0) is 4.57 Å². The van der Waals surface area contributed by atoms with E-state index in [0.717, 1.165) is 0 Å². The number of terminal acetylenes is 1. The minimum Gasteiger partial charge on any atom is -0.506 e. The number of hydrogen-bond donors (Lipinski definition) is 4. The van der Waals surface area contributed by atoms with E-state index < -0.39 is 7.14 Å². The van der Waals surface area contributed by atoms with Crippen molar-refractivity contribution in [3.05, 3.63) is 17.7 Å². The molecule has 5 nitrogen and oxygen atoms in total. The van der Waals surface area contributed by atoms with Gasteiger partial charge < -0.3 is 20.7 Å². The van der Waals surface area contributed by atoms with Crippen LogP contribution in [0.5, 0.6) is 5.75 Å². The van der Waals surface area contributed by atoms with Crippen LogP contribution in [0.3, 0.4) is 0 Å². The molecule has 0 saturated carbocycles. The van der Waals surface area contributed by atoms with E-state index >= 15 is 0 Å². The summed E-state index contributed by atoms with van der Waals surface area (Å²) in [6.07, 6.45) is 5.13. The van der Waals surface area contributed by atoms with Gasteiger partial charge in [0.15, 0.2) is 0 Å². The van der Waals surface area contributed by atoms with Crippen LogP contribution in [0, 0.1) is 17.8 Å². The smallest absolute Gasteiger partial charge is 0.140 e. The fourth-order valence-electron chi connectivity index (χ4n) is 1.46. The number of aromatic hydroxyl groups is 1. The van der Waals surface area contributed by atoms with Crippen molar-refractivity contribution in [2.45, 2.75) is 0 Å². The lowest BCUT2D eigenvalue weighted by atomic mass is 10.1. The number of hydrogen-bond acceptors (Lipinski definition) is 4. The Labute approximate surface area is 106 Å². The number of amidine groups is 1. The summed E-state index contributed by atoms with van der Waals surface area (Å²) < 4.78 is 12.0. The van der Waals surface area contributed by atoms with Crippen molar-refractivity contribution >= 4 is 24.0 Å². The average molecular weight is 265 g/mol. The summed E-state index contributed by atoms with van der Waals surface area (Å²) in [7, 11) is -2.54. The molecule has 0 saturated heterocycles. The lowest BCUT2D eigenvalue weighted by molar-refractivity contribution is 0.477. The van der Waals surface area contributed by atoms with E-state index in [1.807, 2.05) is 0 Å². The molecule has 0 spiro atoms. The molecule has 1 aromatic rings. The van der Waals surface area contributed by atoms with Gasteiger partial charge in [-0.05, 0) is 25.5 Å². The normalized spacial score (nSPS) is 10.7. The summed E-state index contributed by atoms with van der Waals surface area (Å²) in [6, 6.07) is 2.95. The van der Waals surface area contributed by atoms with Gasteiger partial charge in [-0.25, -0.2) is 0 Å².